The molecule has 4 nitrogen and oxygen atoms in total. The van der Waals surface area contributed by atoms with E-state index in [1.54, 1.807) is 0 Å². The Morgan fingerprint density at radius 3 is 2.45 bits per heavy atom. The first-order valence-electron chi connectivity index (χ1n) is 7.01. The predicted octanol–water partition coefficient (Wildman–Crippen LogP) is 1.77. The van der Waals surface area contributed by atoms with Gasteiger partial charge in [-0.05, 0) is 29.9 Å². The summed E-state index contributed by atoms with van der Waals surface area (Å²) in [6.07, 6.45) is 3.60. The van der Waals surface area contributed by atoms with Crippen molar-refractivity contribution in [1.82, 2.24) is 0 Å². The van der Waals surface area contributed by atoms with E-state index in [-0.39, 0.29) is 24.4 Å². The molecule has 0 aromatic heterocycles. The van der Waals surface area contributed by atoms with Gasteiger partial charge >= 0.3 is 5.97 Å². The summed E-state index contributed by atoms with van der Waals surface area (Å²) < 4.78 is 4.93. The summed E-state index contributed by atoms with van der Waals surface area (Å²) in [5.74, 6) is -1.60. The van der Waals surface area contributed by atoms with E-state index in [9.17, 15) is 14.7 Å². The van der Waals surface area contributed by atoms with E-state index in [0.717, 1.165) is 30.4 Å². The summed E-state index contributed by atoms with van der Waals surface area (Å²) in [4.78, 5) is 22.0. The van der Waals surface area contributed by atoms with E-state index >= 15 is 0 Å². The fraction of sp³-hybridized carbons (Fsp3) is 0.500. The lowest BCUT2D eigenvalue weighted by atomic mass is 9.75. The van der Waals surface area contributed by atoms with Gasteiger partial charge in [-0.3, -0.25) is 4.79 Å². The van der Waals surface area contributed by atoms with E-state index in [1.807, 2.05) is 24.3 Å². The van der Waals surface area contributed by atoms with Gasteiger partial charge in [-0.2, -0.15) is 0 Å². The second-order valence-corrected chi connectivity index (χ2v) is 5.34. The Labute approximate surface area is 118 Å². The van der Waals surface area contributed by atoms with Crippen LogP contribution in [0.3, 0.4) is 0 Å². The highest BCUT2D eigenvalue weighted by molar-refractivity contribution is 5.69. The molecule has 1 aliphatic carbocycles. The first kappa shape index (κ1) is 14.6. The zero-order valence-electron chi connectivity index (χ0n) is 11.6. The van der Waals surface area contributed by atoms with Gasteiger partial charge in [0, 0.05) is 18.8 Å². The number of aliphatic carboxylic acids is 1. The summed E-state index contributed by atoms with van der Waals surface area (Å²) in [6.45, 7) is 1.63. The number of ether oxygens (including phenoxy) is 1. The molecule has 2 unspecified atom stereocenters. The molecule has 2 rings (SSSR count). The lowest BCUT2D eigenvalue weighted by Crippen LogP contribution is -2.36. The Bertz CT molecular complexity index is 478. The lowest BCUT2D eigenvalue weighted by Gasteiger charge is -2.32. The van der Waals surface area contributed by atoms with Gasteiger partial charge in [-0.15, -0.1) is 0 Å². The van der Waals surface area contributed by atoms with Crippen molar-refractivity contribution in [2.75, 3.05) is 0 Å². The third-order valence-corrected chi connectivity index (χ3v) is 3.92. The molecule has 20 heavy (non-hydrogen) atoms. The van der Waals surface area contributed by atoms with E-state index in [1.165, 1.54) is 6.92 Å². The number of rotatable bonds is 4. The monoisotopic (exact) mass is 275 g/mol. The van der Waals surface area contributed by atoms with Crippen molar-refractivity contribution >= 4 is 11.9 Å². The Hall–Kier alpha value is -1.84. The van der Waals surface area contributed by atoms with Crippen LogP contribution in [0.25, 0.3) is 0 Å². The Balaban J connectivity index is 2.07. The van der Waals surface area contributed by atoms with Gasteiger partial charge in [-0.25, -0.2) is 0 Å². The van der Waals surface area contributed by atoms with Gasteiger partial charge in [0.1, 0.15) is 6.61 Å². The summed E-state index contributed by atoms with van der Waals surface area (Å²) in [6, 6.07) is 7.65. The van der Waals surface area contributed by atoms with Crippen molar-refractivity contribution in [3.8, 4) is 0 Å². The molecule has 1 fully saturated rings. The van der Waals surface area contributed by atoms with Crippen LogP contribution in [-0.4, -0.2) is 11.9 Å². The number of esters is 1. The van der Waals surface area contributed by atoms with Crippen LogP contribution >= 0.6 is 0 Å². The molecule has 2 atom stereocenters. The topological polar surface area (TPSA) is 66.4 Å². The van der Waals surface area contributed by atoms with Crippen LogP contribution in [0.15, 0.2) is 24.3 Å². The van der Waals surface area contributed by atoms with Crippen molar-refractivity contribution in [2.24, 2.45) is 5.92 Å². The van der Waals surface area contributed by atoms with Gasteiger partial charge in [0.2, 0.25) is 0 Å². The van der Waals surface area contributed by atoms with E-state index in [4.69, 9.17) is 4.74 Å². The number of carbonyl (C=O) groups excluding carboxylic acids is 2. The molecule has 108 valence electrons. The molecule has 4 heteroatoms. The summed E-state index contributed by atoms with van der Waals surface area (Å²) in [5, 5.41) is 11.2. The molecule has 0 spiro atoms. The third-order valence-electron chi connectivity index (χ3n) is 3.92. The van der Waals surface area contributed by atoms with Gasteiger partial charge in [0.25, 0.3) is 0 Å². The molecule has 1 aliphatic rings. The Morgan fingerprint density at radius 2 is 1.85 bits per heavy atom. The molecule has 1 aromatic carbocycles. The fourth-order valence-electron chi connectivity index (χ4n) is 2.86. The highest BCUT2D eigenvalue weighted by Gasteiger charge is 2.27. The fourth-order valence-corrected chi connectivity index (χ4v) is 2.86. The summed E-state index contributed by atoms with van der Waals surface area (Å²) >= 11 is 0. The second-order valence-electron chi connectivity index (χ2n) is 5.34. The normalized spacial score (nSPS) is 22.2. The largest absolute Gasteiger partial charge is 0.550 e. The summed E-state index contributed by atoms with van der Waals surface area (Å²) in [5.41, 5.74) is 1.94. The number of carboxylic acid groups (broad SMARTS) is 1. The molecule has 0 radical (unpaired) electrons. The van der Waals surface area contributed by atoms with Crippen LogP contribution in [0.4, 0.5) is 0 Å². The first-order chi connectivity index (χ1) is 9.58. The van der Waals surface area contributed by atoms with Gasteiger partial charge in [-0.1, -0.05) is 37.1 Å². The van der Waals surface area contributed by atoms with Crippen LogP contribution in [-0.2, 0) is 20.9 Å². The van der Waals surface area contributed by atoms with Crippen molar-refractivity contribution in [3.05, 3.63) is 35.4 Å². The second kappa shape index (κ2) is 6.55. The van der Waals surface area contributed by atoms with Crippen LogP contribution in [0, 0.1) is 5.92 Å². The van der Waals surface area contributed by atoms with Crippen molar-refractivity contribution in [3.63, 3.8) is 0 Å². The number of hydrogen-bond acceptors (Lipinski definition) is 4. The van der Waals surface area contributed by atoms with E-state index < -0.39 is 5.97 Å². The molecule has 0 bridgehead atoms. The number of carboxylic acids is 1. The number of benzene rings is 1. The maximum Gasteiger partial charge on any atom is 0.302 e. The van der Waals surface area contributed by atoms with Gasteiger partial charge in [0.05, 0.1) is 0 Å². The van der Waals surface area contributed by atoms with Crippen LogP contribution in [0.1, 0.15) is 49.7 Å². The van der Waals surface area contributed by atoms with Crippen LogP contribution in [0.2, 0.25) is 0 Å². The Kier molecular flexibility index (Phi) is 4.77. The molecule has 0 aliphatic heterocycles. The molecule has 1 saturated carbocycles. The molecule has 0 heterocycles. The summed E-state index contributed by atoms with van der Waals surface area (Å²) in [7, 11) is 0. The molecule has 0 amide bonds. The zero-order valence-corrected chi connectivity index (χ0v) is 11.6. The number of carbonyl (C=O) groups is 2. The average Bonchev–Trinajstić information content (AvgIpc) is 2.45. The smallest absolute Gasteiger partial charge is 0.302 e. The van der Waals surface area contributed by atoms with Gasteiger partial charge in [0.15, 0.2) is 0 Å². The van der Waals surface area contributed by atoms with Crippen molar-refractivity contribution < 1.29 is 19.4 Å². The molecular weight excluding hydrogens is 256 g/mol. The Morgan fingerprint density at radius 1 is 1.20 bits per heavy atom. The highest BCUT2D eigenvalue weighted by atomic mass is 16.5. The average molecular weight is 275 g/mol. The molecule has 0 saturated heterocycles. The lowest BCUT2D eigenvalue weighted by molar-refractivity contribution is -0.313. The highest BCUT2D eigenvalue weighted by Crippen LogP contribution is 2.37. The molecule has 0 N–H and O–H groups in total. The molecular formula is C16H19O4-. The van der Waals surface area contributed by atoms with Crippen molar-refractivity contribution in [2.45, 2.75) is 45.1 Å². The third kappa shape index (κ3) is 3.59. The minimum absolute atomic E-state index is 0.0384. The van der Waals surface area contributed by atoms with Crippen LogP contribution < -0.4 is 5.11 Å². The standard InChI is InChI=1S/C16H20O4/c1-11(17)20-10-12-6-8-13(9-7-12)14-4-2-3-5-15(14)16(18)19/h6-9,14-15H,2-5,10H2,1H3,(H,18,19)/p-1. The van der Waals surface area contributed by atoms with Gasteiger partial charge < -0.3 is 14.6 Å². The maximum absolute atomic E-state index is 11.2. The first-order valence-corrected chi connectivity index (χ1v) is 7.01. The molecule has 1 aromatic rings. The number of hydrogen-bond donors (Lipinski definition) is 0. The maximum atomic E-state index is 11.2. The predicted molar refractivity (Wildman–Crippen MR) is 71.6 cm³/mol. The van der Waals surface area contributed by atoms with Crippen LogP contribution in [0.5, 0.6) is 0 Å². The SMILES string of the molecule is CC(=O)OCc1ccc(C2CCCCC2C(=O)[O-])cc1. The van der Waals surface area contributed by atoms with E-state index in [0.29, 0.717) is 6.42 Å². The minimum Gasteiger partial charge on any atom is -0.550 e. The zero-order chi connectivity index (χ0) is 14.5. The van der Waals surface area contributed by atoms with E-state index in [2.05, 4.69) is 0 Å². The minimum atomic E-state index is -0.946. The quantitative estimate of drug-likeness (QED) is 0.785. The van der Waals surface area contributed by atoms with Crippen molar-refractivity contribution in [1.29, 1.82) is 0 Å².